The van der Waals surface area contributed by atoms with Gasteiger partial charge in [0.25, 0.3) is 5.91 Å². The number of nitrogens with one attached hydrogen (secondary N) is 1. The van der Waals surface area contributed by atoms with Gasteiger partial charge in [-0.15, -0.1) is 11.3 Å². The summed E-state index contributed by atoms with van der Waals surface area (Å²) in [5, 5.41) is 11.8. The highest BCUT2D eigenvalue weighted by atomic mass is 32.1. The molecular formula is C15H16N2O4S. The molecule has 22 heavy (non-hydrogen) atoms. The molecule has 0 aliphatic heterocycles. The number of aryl methyl sites for hydroxylation is 3. The van der Waals surface area contributed by atoms with Crippen LogP contribution in [0.4, 0.5) is 5.69 Å². The Morgan fingerprint density at radius 1 is 1.27 bits per heavy atom. The number of pyridine rings is 1. The minimum Gasteiger partial charge on any atom is -0.494 e. The second kappa shape index (κ2) is 6.15. The van der Waals surface area contributed by atoms with Gasteiger partial charge in [0.15, 0.2) is 0 Å². The molecule has 2 heterocycles. The van der Waals surface area contributed by atoms with Crippen molar-refractivity contribution in [2.24, 2.45) is 0 Å². The number of ether oxygens (including phenoxy) is 1. The third-order valence-corrected chi connectivity index (χ3v) is 4.16. The highest BCUT2D eigenvalue weighted by Gasteiger charge is 2.19. The number of rotatable bonds is 4. The number of thiophene rings is 1. The lowest BCUT2D eigenvalue weighted by atomic mass is 10.2. The smallest absolute Gasteiger partial charge is 0.345 e. The standard InChI is InChI=1S/C15H16N2O4S/c1-7-5-11(21-4)13(8(2)16-7)17-14(18)10-6-12(15(19)20)22-9(10)3/h5-6H,1-4H3,(H,17,18)(H,19,20). The van der Waals surface area contributed by atoms with Gasteiger partial charge in [0.05, 0.1) is 18.4 Å². The van der Waals surface area contributed by atoms with Crippen molar-refractivity contribution in [3.63, 3.8) is 0 Å². The number of aromatic carboxylic acids is 1. The Morgan fingerprint density at radius 2 is 1.95 bits per heavy atom. The molecule has 2 aromatic rings. The van der Waals surface area contributed by atoms with Crippen LogP contribution in [0.25, 0.3) is 0 Å². The zero-order valence-electron chi connectivity index (χ0n) is 12.7. The minimum absolute atomic E-state index is 0.133. The van der Waals surface area contributed by atoms with Gasteiger partial charge in [-0.1, -0.05) is 0 Å². The highest BCUT2D eigenvalue weighted by Crippen LogP contribution is 2.29. The molecule has 0 saturated heterocycles. The van der Waals surface area contributed by atoms with Gasteiger partial charge in [-0.2, -0.15) is 0 Å². The molecule has 0 saturated carbocycles. The zero-order chi connectivity index (χ0) is 16.4. The fourth-order valence-electron chi connectivity index (χ4n) is 2.10. The van der Waals surface area contributed by atoms with E-state index < -0.39 is 5.97 Å². The summed E-state index contributed by atoms with van der Waals surface area (Å²) in [6, 6.07) is 3.10. The van der Waals surface area contributed by atoms with Gasteiger partial charge < -0.3 is 15.2 Å². The van der Waals surface area contributed by atoms with Crippen molar-refractivity contribution in [1.82, 2.24) is 4.98 Å². The number of carboxylic acids is 1. The van der Waals surface area contributed by atoms with Crippen LogP contribution in [0.2, 0.25) is 0 Å². The average molecular weight is 320 g/mol. The quantitative estimate of drug-likeness (QED) is 0.904. The molecule has 116 valence electrons. The van der Waals surface area contributed by atoms with Crippen LogP contribution in [0, 0.1) is 20.8 Å². The fraction of sp³-hybridized carbons (Fsp3) is 0.267. The van der Waals surface area contributed by atoms with E-state index in [1.165, 1.54) is 13.2 Å². The normalized spacial score (nSPS) is 10.4. The first-order chi connectivity index (χ1) is 10.3. The average Bonchev–Trinajstić information content (AvgIpc) is 2.83. The number of carbonyl (C=O) groups is 2. The van der Waals surface area contributed by atoms with E-state index in [4.69, 9.17) is 9.84 Å². The van der Waals surface area contributed by atoms with Crippen molar-refractivity contribution < 1.29 is 19.4 Å². The fourth-order valence-corrected chi connectivity index (χ4v) is 2.96. The predicted molar refractivity (Wildman–Crippen MR) is 84.2 cm³/mol. The third kappa shape index (κ3) is 3.09. The summed E-state index contributed by atoms with van der Waals surface area (Å²) in [5.74, 6) is -0.907. The first kappa shape index (κ1) is 16.0. The van der Waals surface area contributed by atoms with Crippen LogP contribution in [0.15, 0.2) is 12.1 Å². The summed E-state index contributed by atoms with van der Waals surface area (Å²) in [5.41, 5.74) is 2.24. The topological polar surface area (TPSA) is 88.5 Å². The lowest BCUT2D eigenvalue weighted by Crippen LogP contribution is -2.14. The molecule has 0 spiro atoms. The Labute approximate surface area is 131 Å². The van der Waals surface area contributed by atoms with Gasteiger partial charge in [-0.3, -0.25) is 9.78 Å². The van der Waals surface area contributed by atoms with Crippen LogP contribution >= 0.6 is 11.3 Å². The number of aromatic nitrogens is 1. The van der Waals surface area contributed by atoms with Crippen molar-refractivity contribution >= 4 is 28.9 Å². The molecule has 2 rings (SSSR count). The molecule has 0 atom stereocenters. The second-order valence-corrected chi connectivity index (χ2v) is 6.02. The number of methoxy groups -OCH3 is 1. The SMILES string of the molecule is COc1cc(C)nc(C)c1NC(=O)c1cc(C(=O)O)sc1C. The lowest BCUT2D eigenvalue weighted by molar-refractivity contribution is 0.0702. The molecule has 0 bridgehead atoms. The van der Waals surface area contributed by atoms with Crippen molar-refractivity contribution in [3.05, 3.63) is 38.8 Å². The zero-order valence-corrected chi connectivity index (χ0v) is 13.5. The Bertz CT molecular complexity index is 752. The van der Waals surface area contributed by atoms with Crippen LogP contribution < -0.4 is 10.1 Å². The van der Waals surface area contributed by atoms with Crippen molar-refractivity contribution in [1.29, 1.82) is 0 Å². The van der Waals surface area contributed by atoms with Crippen molar-refractivity contribution in [2.75, 3.05) is 12.4 Å². The molecule has 0 unspecified atom stereocenters. The lowest BCUT2D eigenvalue weighted by Gasteiger charge is -2.13. The Kier molecular flexibility index (Phi) is 4.46. The molecule has 0 aromatic carbocycles. The maximum atomic E-state index is 12.4. The maximum absolute atomic E-state index is 12.4. The largest absolute Gasteiger partial charge is 0.494 e. The molecule has 2 N–H and O–H groups in total. The van der Waals surface area contributed by atoms with Crippen LogP contribution in [0.3, 0.4) is 0 Å². The van der Waals surface area contributed by atoms with Gasteiger partial charge in [0.2, 0.25) is 0 Å². The van der Waals surface area contributed by atoms with E-state index in [-0.39, 0.29) is 10.8 Å². The van der Waals surface area contributed by atoms with E-state index in [1.807, 2.05) is 6.92 Å². The number of hydrogen-bond donors (Lipinski definition) is 2. The number of carbonyl (C=O) groups excluding carboxylic acids is 1. The molecule has 2 aromatic heterocycles. The first-order valence-corrected chi connectivity index (χ1v) is 7.32. The summed E-state index contributed by atoms with van der Waals surface area (Å²) >= 11 is 1.07. The Balaban J connectivity index is 2.35. The predicted octanol–water partition coefficient (Wildman–Crippen LogP) is 3.03. The summed E-state index contributed by atoms with van der Waals surface area (Å²) in [6.45, 7) is 5.32. The molecular weight excluding hydrogens is 304 g/mol. The monoisotopic (exact) mass is 320 g/mol. The molecule has 0 radical (unpaired) electrons. The van der Waals surface area contributed by atoms with Crippen LogP contribution in [0.5, 0.6) is 5.75 Å². The molecule has 0 aliphatic carbocycles. The van der Waals surface area contributed by atoms with Crippen LogP contribution in [-0.2, 0) is 0 Å². The van der Waals surface area contributed by atoms with Gasteiger partial charge in [-0.25, -0.2) is 4.79 Å². The highest BCUT2D eigenvalue weighted by molar-refractivity contribution is 7.14. The van der Waals surface area contributed by atoms with E-state index in [2.05, 4.69) is 10.3 Å². The molecule has 0 aliphatic rings. The molecule has 7 heteroatoms. The van der Waals surface area contributed by atoms with Crippen LogP contribution in [0.1, 0.15) is 36.3 Å². The van der Waals surface area contributed by atoms with Gasteiger partial charge in [0.1, 0.15) is 16.3 Å². The summed E-state index contributed by atoms with van der Waals surface area (Å²) in [6.07, 6.45) is 0. The van der Waals surface area contributed by atoms with Gasteiger partial charge >= 0.3 is 5.97 Å². The van der Waals surface area contributed by atoms with E-state index in [0.29, 0.717) is 27.6 Å². The van der Waals surface area contributed by atoms with E-state index >= 15 is 0 Å². The maximum Gasteiger partial charge on any atom is 0.345 e. The molecule has 6 nitrogen and oxygen atoms in total. The Hall–Kier alpha value is -2.41. The van der Waals surface area contributed by atoms with E-state index in [9.17, 15) is 9.59 Å². The van der Waals surface area contributed by atoms with Crippen molar-refractivity contribution in [3.8, 4) is 5.75 Å². The first-order valence-electron chi connectivity index (χ1n) is 6.50. The van der Waals surface area contributed by atoms with Gasteiger partial charge in [0, 0.05) is 16.6 Å². The van der Waals surface area contributed by atoms with Crippen LogP contribution in [-0.4, -0.2) is 29.1 Å². The minimum atomic E-state index is -1.04. The summed E-state index contributed by atoms with van der Waals surface area (Å²) < 4.78 is 5.27. The number of nitrogens with zero attached hydrogens (tertiary/aromatic N) is 1. The van der Waals surface area contributed by atoms with E-state index in [0.717, 1.165) is 17.0 Å². The van der Waals surface area contributed by atoms with Gasteiger partial charge in [-0.05, 0) is 26.8 Å². The summed E-state index contributed by atoms with van der Waals surface area (Å²) in [7, 11) is 1.52. The number of hydrogen-bond acceptors (Lipinski definition) is 5. The second-order valence-electron chi connectivity index (χ2n) is 4.77. The van der Waals surface area contributed by atoms with Crippen molar-refractivity contribution in [2.45, 2.75) is 20.8 Å². The summed E-state index contributed by atoms with van der Waals surface area (Å²) in [4.78, 5) is 28.5. The number of amides is 1. The molecule has 0 fully saturated rings. The third-order valence-electron chi connectivity index (χ3n) is 3.12. The molecule has 1 amide bonds. The number of anilines is 1. The van der Waals surface area contributed by atoms with E-state index in [1.54, 1.807) is 19.9 Å². The number of carboxylic acid groups (broad SMARTS) is 1. The Morgan fingerprint density at radius 3 is 2.50 bits per heavy atom.